The summed E-state index contributed by atoms with van der Waals surface area (Å²) in [5.41, 5.74) is 4.26. The molecule has 1 atom stereocenters. The molecular weight excluding hydrogens is 456 g/mol. The number of hydrogen-bond acceptors (Lipinski definition) is 6. The number of fused-ring (bicyclic) bond motifs is 7. The molecule has 5 nitrogen and oxygen atoms in total. The Morgan fingerprint density at radius 3 is 2.06 bits per heavy atom. The molecule has 1 aliphatic rings. The normalized spacial score (nSPS) is 14.6. The lowest BCUT2D eigenvalue weighted by Gasteiger charge is -2.14. The number of ether oxygens (including phenoxy) is 1. The molecule has 0 spiro atoms. The highest BCUT2D eigenvalue weighted by atomic mass is 32.2. The molecule has 0 bridgehead atoms. The largest absolute Gasteiger partial charge is 0.489 e. The molecule has 35 heavy (non-hydrogen) atoms. The molecular formula is C29H28N2O3S. The third-order valence-corrected chi connectivity index (χ3v) is 6.66. The van der Waals surface area contributed by atoms with Crippen LogP contribution in [0.15, 0.2) is 83.8 Å². The Kier molecular flexibility index (Phi) is 7.95. The molecule has 0 saturated heterocycles. The molecule has 1 aliphatic heterocycles. The first-order valence-electron chi connectivity index (χ1n) is 11.7. The first kappa shape index (κ1) is 24.6. The van der Waals surface area contributed by atoms with E-state index in [4.69, 9.17) is 14.7 Å². The van der Waals surface area contributed by atoms with Crippen LogP contribution in [0.5, 0.6) is 5.75 Å². The van der Waals surface area contributed by atoms with Crippen molar-refractivity contribution >= 4 is 50.4 Å². The highest BCUT2D eigenvalue weighted by Crippen LogP contribution is 2.44. The Bertz CT molecular complexity index is 1470. The van der Waals surface area contributed by atoms with E-state index in [9.17, 15) is 9.90 Å². The number of rotatable bonds is 1. The van der Waals surface area contributed by atoms with Crippen molar-refractivity contribution in [2.75, 3.05) is 12.4 Å². The van der Waals surface area contributed by atoms with Crippen LogP contribution in [0, 0.1) is 0 Å². The van der Waals surface area contributed by atoms with Gasteiger partial charge in [-0.05, 0) is 19.1 Å². The average Bonchev–Trinajstić information content (AvgIpc) is 3.12. The van der Waals surface area contributed by atoms with Gasteiger partial charge in [-0.3, -0.25) is 4.79 Å². The van der Waals surface area contributed by atoms with Gasteiger partial charge < -0.3 is 9.84 Å². The minimum Gasteiger partial charge on any atom is -0.489 e. The number of Topliss-reactive ketones (excluding diaryl/α,β-unsaturated/α-hetero) is 1. The van der Waals surface area contributed by atoms with Crippen LogP contribution in [0.3, 0.4) is 0 Å². The monoisotopic (exact) mass is 484 g/mol. The molecule has 1 N–H and O–H groups in total. The van der Waals surface area contributed by atoms with E-state index in [1.807, 2.05) is 86.6 Å². The van der Waals surface area contributed by atoms with Gasteiger partial charge in [0.2, 0.25) is 0 Å². The van der Waals surface area contributed by atoms with E-state index in [2.05, 4.69) is 6.07 Å². The predicted octanol–water partition coefficient (Wildman–Crippen LogP) is 6.70. The summed E-state index contributed by atoms with van der Waals surface area (Å²) in [5, 5.41) is 12.0. The molecule has 1 unspecified atom stereocenters. The summed E-state index contributed by atoms with van der Waals surface area (Å²) in [6, 6.07) is 25.2. The number of thioether (sulfide) groups is 1. The van der Waals surface area contributed by atoms with Crippen LogP contribution in [0.2, 0.25) is 0 Å². The number of aromatic nitrogens is 2. The number of hydrogen-bond donors (Lipinski definition) is 1. The Hall–Kier alpha value is -3.48. The van der Waals surface area contributed by atoms with Crippen molar-refractivity contribution in [3.8, 4) is 5.75 Å². The van der Waals surface area contributed by atoms with Crippen molar-refractivity contribution in [2.45, 2.75) is 31.8 Å². The minimum atomic E-state index is -0.482. The number of benzene rings is 4. The highest BCUT2D eigenvalue weighted by molar-refractivity contribution is 7.99. The van der Waals surface area contributed by atoms with Crippen molar-refractivity contribution < 1.29 is 14.6 Å². The lowest BCUT2D eigenvalue weighted by atomic mass is 10.1. The van der Waals surface area contributed by atoms with Gasteiger partial charge in [-0.15, -0.1) is 11.8 Å². The number of carbonyl (C=O) groups is 1. The van der Waals surface area contributed by atoms with E-state index in [0.29, 0.717) is 12.4 Å². The third-order valence-electron chi connectivity index (χ3n) is 5.44. The quantitative estimate of drug-likeness (QED) is 0.162. The number of nitrogens with zero attached hydrogens (tertiary/aromatic N) is 2. The fourth-order valence-electron chi connectivity index (χ4n) is 3.82. The van der Waals surface area contributed by atoms with Crippen LogP contribution < -0.4 is 4.74 Å². The fourth-order valence-corrected chi connectivity index (χ4v) is 4.86. The number of ketones is 1. The maximum atomic E-state index is 10.6. The number of aliphatic hydroxyl groups is 1. The zero-order chi connectivity index (χ0) is 24.8. The lowest BCUT2D eigenvalue weighted by molar-refractivity contribution is 0.101. The molecule has 0 aliphatic carbocycles. The number of carbonyl (C=O) groups excluding carboxylic acids is 1. The van der Waals surface area contributed by atoms with Gasteiger partial charge in [0.25, 0.3) is 0 Å². The lowest BCUT2D eigenvalue weighted by Crippen LogP contribution is -2.17. The summed E-state index contributed by atoms with van der Waals surface area (Å²) in [7, 11) is 0. The van der Waals surface area contributed by atoms with Gasteiger partial charge in [-0.25, -0.2) is 9.97 Å². The number of para-hydroxylation sites is 2. The molecule has 6 rings (SSSR count). The molecule has 6 heteroatoms. The summed E-state index contributed by atoms with van der Waals surface area (Å²) in [5.74, 6) is 1.52. The maximum Gasteiger partial charge on any atom is 0.159 e. The van der Waals surface area contributed by atoms with Gasteiger partial charge in [0, 0.05) is 22.1 Å². The van der Waals surface area contributed by atoms with E-state index < -0.39 is 6.10 Å². The molecule has 0 fully saturated rings. The molecule has 4 aromatic carbocycles. The van der Waals surface area contributed by atoms with Crippen molar-refractivity contribution in [1.82, 2.24) is 9.97 Å². The topological polar surface area (TPSA) is 72.3 Å². The maximum absolute atomic E-state index is 10.6. The second-order valence-electron chi connectivity index (χ2n) is 7.81. The smallest absolute Gasteiger partial charge is 0.159 e. The van der Waals surface area contributed by atoms with Gasteiger partial charge >= 0.3 is 0 Å². The molecule has 178 valence electrons. The summed E-state index contributed by atoms with van der Waals surface area (Å²) in [6.07, 6.45) is -0.482. The second-order valence-corrected chi connectivity index (χ2v) is 8.84. The second kappa shape index (κ2) is 11.3. The van der Waals surface area contributed by atoms with Gasteiger partial charge in [0.15, 0.2) is 5.78 Å². The minimum absolute atomic E-state index is 0.121. The van der Waals surface area contributed by atoms with E-state index in [1.165, 1.54) is 0 Å². The van der Waals surface area contributed by atoms with Crippen molar-refractivity contribution in [3.63, 3.8) is 0 Å². The first-order chi connectivity index (χ1) is 17.1. The van der Waals surface area contributed by atoms with E-state index in [1.54, 1.807) is 18.7 Å². The SMILES string of the molecule is CC.CC(=O)c1ccccc1.OC1COc2c(c3nc4ccccc4nc3c3ccccc23)SC1. The van der Waals surface area contributed by atoms with Crippen LogP contribution in [0.1, 0.15) is 31.1 Å². The zero-order valence-electron chi connectivity index (χ0n) is 20.1. The van der Waals surface area contributed by atoms with E-state index in [-0.39, 0.29) is 5.78 Å². The van der Waals surface area contributed by atoms with Gasteiger partial charge in [-0.2, -0.15) is 0 Å². The van der Waals surface area contributed by atoms with Crippen LogP contribution in [-0.2, 0) is 0 Å². The molecule has 0 amide bonds. The number of aliphatic hydroxyl groups excluding tert-OH is 1. The Labute approximate surface area is 209 Å². The van der Waals surface area contributed by atoms with Gasteiger partial charge in [0.1, 0.15) is 17.9 Å². The van der Waals surface area contributed by atoms with Crippen LogP contribution >= 0.6 is 11.8 Å². The fraction of sp³-hybridized carbons (Fsp3) is 0.207. The Morgan fingerprint density at radius 2 is 1.43 bits per heavy atom. The summed E-state index contributed by atoms with van der Waals surface area (Å²) in [4.78, 5) is 21.3. The summed E-state index contributed by atoms with van der Waals surface area (Å²) >= 11 is 1.59. The molecule has 2 heterocycles. The molecule has 5 aromatic rings. The molecule has 0 saturated carbocycles. The Balaban J connectivity index is 0.000000222. The van der Waals surface area contributed by atoms with Crippen molar-refractivity contribution in [1.29, 1.82) is 0 Å². The van der Waals surface area contributed by atoms with Crippen LogP contribution in [0.4, 0.5) is 0 Å². The molecule has 0 radical (unpaired) electrons. The molecule has 1 aromatic heterocycles. The summed E-state index contributed by atoms with van der Waals surface area (Å²) in [6.45, 7) is 5.87. The van der Waals surface area contributed by atoms with Gasteiger partial charge in [-0.1, -0.05) is 80.6 Å². The average molecular weight is 485 g/mol. The third kappa shape index (κ3) is 5.29. The van der Waals surface area contributed by atoms with Crippen LogP contribution in [0.25, 0.3) is 32.8 Å². The van der Waals surface area contributed by atoms with Crippen LogP contribution in [-0.4, -0.2) is 39.3 Å². The van der Waals surface area contributed by atoms with Gasteiger partial charge in [0.05, 0.1) is 27.5 Å². The van der Waals surface area contributed by atoms with E-state index >= 15 is 0 Å². The summed E-state index contributed by atoms with van der Waals surface area (Å²) < 4.78 is 5.96. The first-order valence-corrected chi connectivity index (χ1v) is 12.7. The van der Waals surface area contributed by atoms with Crippen molar-refractivity contribution in [3.05, 3.63) is 84.4 Å². The zero-order valence-corrected chi connectivity index (χ0v) is 20.9. The highest BCUT2D eigenvalue weighted by Gasteiger charge is 2.23. The van der Waals surface area contributed by atoms with E-state index in [0.717, 1.165) is 49.0 Å². The standard InChI is InChI=1S/C19H14N2O2S.C8H8O.C2H6/c22-11-9-23-18-13-6-2-1-5-12(13)16-17(19(18)24-10-11)21-15-8-4-3-7-14(15)20-16;1-7(9)8-5-3-2-4-6-8;1-2/h1-8,11,22H,9-10H2;2-6H,1H3;1-2H3. The predicted molar refractivity (Wildman–Crippen MR) is 145 cm³/mol. The Morgan fingerprint density at radius 1 is 0.857 bits per heavy atom. The van der Waals surface area contributed by atoms with Crippen molar-refractivity contribution in [2.24, 2.45) is 0 Å².